The lowest BCUT2D eigenvalue weighted by Crippen LogP contribution is -2.37. The first-order chi connectivity index (χ1) is 9.36. The van der Waals surface area contributed by atoms with Gasteiger partial charge in [-0.1, -0.05) is 32.1 Å². The molecule has 114 valence electrons. The minimum Gasteiger partial charge on any atom is -0.384 e. The Balaban J connectivity index is 1.91. The summed E-state index contributed by atoms with van der Waals surface area (Å²) in [5.41, 5.74) is 0. The van der Waals surface area contributed by atoms with Gasteiger partial charge in [-0.2, -0.15) is 12.6 Å². The van der Waals surface area contributed by atoms with E-state index in [1.807, 2.05) is 7.11 Å². The Kier molecular flexibility index (Phi) is 11.0. The van der Waals surface area contributed by atoms with Gasteiger partial charge in [-0.15, -0.1) is 0 Å². The van der Waals surface area contributed by atoms with Crippen molar-refractivity contribution >= 4 is 12.6 Å². The molecule has 0 aromatic carbocycles. The van der Waals surface area contributed by atoms with Crippen LogP contribution < -0.4 is 0 Å². The number of hydrogen-bond donors (Lipinski definition) is 1. The molecule has 0 radical (unpaired) electrons. The van der Waals surface area contributed by atoms with E-state index in [9.17, 15) is 0 Å². The lowest BCUT2D eigenvalue weighted by molar-refractivity contribution is 0.0898. The number of likely N-dealkylation sites (tertiary alicyclic amines) is 1. The minimum absolute atomic E-state index is 0.778. The second kappa shape index (κ2) is 12.0. The van der Waals surface area contributed by atoms with Crippen molar-refractivity contribution in [2.45, 2.75) is 57.8 Å². The zero-order valence-corrected chi connectivity index (χ0v) is 13.7. The van der Waals surface area contributed by atoms with Crippen LogP contribution in [0.15, 0.2) is 0 Å². The fourth-order valence-corrected chi connectivity index (χ4v) is 3.28. The van der Waals surface area contributed by atoms with E-state index in [0.717, 1.165) is 18.3 Å². The van der Waals surface area contributed by atoms with E-state index in [0.29, 0.717) is 0 Å². The Morgan fingerprint density at radius 1 is 1.05 bits per heavy atom. The number of hydrogen-bond acceptors (Lipinski definition) is 3. The van der Waals surface area contributed by atoms with Crippen molar-refractivity contribution in [1.82, 2.24) is 4.90 Å². The zero-order chi connectivity index (χ0) is 13.8. The molecule has 1 rings (SSSR count). The van der Waals surface area contributed by atoms with Gasteiger partial charge in [0.25, 0.3) is 0 Å². The molecule has 0 aliphatic carbocycles. The van der Waals surface area contributed by atoms with Crippen LogP contribution in [0.3, 0.4) is 0 Å². The van der Waals surface area contributed by atoms with Crippen LogP contribution in [0.2, 0.25) is 0 Å². The predicted molar refractivity (Wildman–Crippen MR) is 87.2 cm³/mol. The van der Waals surface area contributed by atoms with Crippen LogP contribution in [0.5, 0.6) is 0 Å². The molecule has 0 bridgehead atoms. The highest BCUT2D eigenvalue weighted by Gasteiger charge is 2.18. The third-order valence-corrected chi connectivity index (χ3v) is 4.45. The van der Waals surface area contributed by atoms with Crippen molar-refractivity contribution in [2.75, 3.05) is 39.1 Å². The van der Waals surface area contributed by atoms with Crippen LogP contribution >= 0.6 is 12.6 Å². The highest BCUT2D eigenvalue weighted by Crippen LogP contribution is 2.17. The van der Waals surface area contributed by atoms with Gasteiger partial charge in [0.2, 0.25) is 0 Å². The molecule has 0 spiro atoms. The molecule has 0 aromatic rings. The third kappa shape index (κ3) is 8.93. The molecule has 3 heteroatoms. The van der Waals surface area contributed by atoms with Crippen LogP contribution in [0.1, 0.15) is 57.8 Å². The predicted octanol–water partition coefficient (Wildman–Crippen LogP) is 4.01. The molecule has 1 aliphatic rings. The second-order valence-electron chi connectivity index (χ2n) is 5.96. The van der Waals surface area contributed by atoms with E-state index >= 15 is 0 Å². The summed E-state index contributed by atoms with van der Waals surface area (Å²) < 4.78 is 5.29. The summed E-state index contributed by atoms with van der Waals surface area (Å²) >= 11 is 4.25. The standard InChI is InChI=1S/C16H33NOS/c1-18-15-16-10-9-12-17(14-16)11-7-5-3-2-4-6-8-13-19/h16,19H,2-15H2,1H3. The van der Waals surface area contributed by atoms with Gasteiger partial charge in [0, 0.05) is 13.7 Å². The van der Waals surface area contributed by atoms with Crippen molar-refractivity contribution in [3.8, 4) is 0 Å². The van der Waals surface area contributed by atoms with Gasteiger partial charge in [0.05, 0.1) is 6.61 Å². The number of thiol groups is 1. The maximum absolute atomic E-state index is 5.29. The molecule has 1 unspecified atom stereocenters. The quantitative estimate of drug-likeness (QED) is 0.455. The van der Waals surface area contributed by atoms with Gasteiger partial charge in [-0.25, -0.2) is 0 Å². The Morgan fingerprint density at radius 2 is 1.74 bits per heavy atom. The van der Waals surface area contributed by atoms with Crippen LogP contribution in [-0.4, -0.2) is 44.0 Å². The normalized spacial score (nSPS) is 20.8. The second-order valence-corrected chi connectivity index (χ2v) is 6.41. The van der Waals surface area contributed by atoms with E-state index in [2.05, 4.69) is 17.5 Å². The van der Waals surface area contributed by atoms with Gasteiger partial charge in [-0.3, -0.25) is 0 Å². The third-order valence-electron chi connectivity index (χ3n) is 4.14. The summed E-state index contributed by atoms with van der Waals surface area (Å²) in [5, 5.41) is 0. The SMILES string of the molecule is COCC1CCCN(CCCCCCCCCS)C1. The average Bonchev–Trinajstić information content (AvgIpc) is 2.43. The largest absolute Gasteiger partial charge is 0.384 e. The molecule has 0 saturated carbocycles. The molecule has 1 atom stereocenters. The summed E-state index contributed by atoms with van der Waals surface area (Å²) in [6, 6.07) is 0. The molecule has 1 heterocycles. The smallest absolute Gasteiger partial charge is 0.0502 e. The highest BCUT2D eigenvalue weighted by molar-refractivity contribution is 7.80. The van der Waals surface area contributed by atoms with Gasteiger partial charge < -0.3 is 9.64 Å². The van der Waals surface area contributed by atoms with Crippen molar-refractivity contribution in [1.29, 1.82) is 0 Å². The topological polar surface area (TPSA) is 12.5 Å². The Hall–Kier alpha value is 0.270. The summed E-state index contributed by atoms with van der Waals surface area (Å²) in [6.45, 7) is 4.82. The maximum atomic E-state index is 5.29. The molecular formula is C16H33NOS. The molecule has 2 nitrogen and oxygen atoms in total. The van der Waals surface area contributed by atoms with Crippen LogP contribution in [0.25, 0.3) is 0 Å². The lowest BCUT2D eigenvalue weighted by atomic mass is 9.98. The van der Waals surface area contributed by atoms with E-state index in [1.54, 1.807) is 0 Å². The number of unbranched alkanes of at least 4 members (excludes halogenated alkanes) is 6. The van der Waals surface area contributed by atoms with Gasteiger partial charge in [0.15, 0.2) is 0 Å². The van der Waals surface area contributed by atoms with E-state index < -0.39 is 0 Å². The van der Waals surface area contributed by atoms with Crippen LogP contribution in [0, 0.1) is 5.92 Å². The van der Waals surface area contributed by atoms with Gasteiger partial charge in [0.1, 0.15) is 0 Å². The summed E-state index contributed by atoms with van der Waals surface area (Å²) in [6.07, 6.45) is 12.4. The van der Waals surface area contributed by atoms with Crippen molar-refractivity contribution in [2.24, 2.45) is 5.92 Å². The first-order valence-electron chi connectivity index (χ1n) is 8.19. The van der Waals surface area contributed by atoms with E-state index in [4.69, 9.17) is 4.74 Å². The summed E-state index contributed by atoms with van der Waals surface area (Å²) in [5.74, 6) is 1.83. The van der Waals surface area contributed by atoms with Crippen LogP contribution in [-0.2, 0) is 4.74 Å². The van der Waals surface area contributed by atoms with Crippen molar-refractivity contribution in [3.05, 3.63) is 0 Å². The molecule has 1 fully saturated rings. The van der Waals surface area contributed by atoms with E-state index in [-0.39, 0.29) is 0 Å². The Bertz CT molecular complexity index is 199. The van der Waals surface area contributed by atoms with Crippen molar-refractivity contribution < 1.29 is 4.74 Å². The fraction of sp³-hybridized carbons (Fsp3) is 1.00. The van der Waals surface area contributed by atoms with Gasteiger partial charge in [-0.05, 0) is 50.4 Å². The monoisotopic (exact) mass is 287 g/mol. The number of rotatable bonds is 11. The molecule has 1 saturated heterocycles. The molecule has 0 N–H and O–H groups in total. The van der Waals surface area contributed by atoms with Crippen molar-refractivity contribution in [3.63, 3.8) is 0 Å². The van der Waals surface area contributed by atoms with E-state index in [1.165, 1.54) is 77.4 Å². The average molecular weight is 288 g/mol. The lowest BCUT2D eigenvalue weighted by Gasteiger charge is -2.32. The van der Waals surface area contributed by atoms with Gasteiger partial charge >= 0.3 is 0 Å². The zero-order valence-electron chi connectivity index (χ0n) is 12.8. The molecule has 1 aliphatic heterocycles. The fourth-order valence-electron chi connectivity index (χ4n) is 3.06. The number of methoxy groups -OCH3 is 1. The first kappa shape index (κ1) is 17.3. The summed E-state index contributed by atoms with van der Waals surface area (Å²) in [7, 11) is 1.83. The minimum atomic E-state index is 0.778. The Labute approximate surface area is 125 Å². The molecular weight excluding hydrogens is 254 g/mol. The molecule has 19 heavy (non-hydrogen) atoms. The number of piperidine rings is 1. The number of nitrogens with zero attached hydrogens (tertiary/aromatic N) is 1. The highest BCUT2D eigenvalue weighted by atomic mass is 32.1. The number of ether oxygens (including phenoxy) is 1. The maximum Gasteiger partial charge on any atom is 0.0502 e. The Morgan fingerprint density at radius 3 is 2.42 bits per heavy atom. The molecule has 0 aromatic heterocycles. The summed E-state index contributed by atoms with van der Waals surface area (Å²) in [4.78, 5) is 2.65. The molecule has 0 amide bonds. The first-order valence-corrected chi connectivity index (χ1v) is 8.82. The van der Waals surface area contributed by atoms with Crippen LogP contribution in [0.4, 0.5) is 0 Å².